The molecule has 13 heavy (non-hydrogen) atoms. The first kappa shape index (κ1) is 8.36. The molecule has 1 radical (unpaired) electrons. The standard InChI is InChI=1S/C12H13O/c1-2-5-10-6-3-8-12-11(10)7-4-9-13-12/h3-4,6-8H,1-2,5,9H2. The number of rotatable bonds is 2. The van der Waals surface area contributed by atoms with Gasteiger partial charge in [-0.15, -0.1) is 0 Å². The molecule has 1 aromatic carbocycles. The molecule has 0 bridgehead atoms. The fourth-order valence-corrected chi connectivity index (χ4v) is 1.62. The highest BCUT2D eigenvalue weighted by Crippen LogP contribution is 2.27. The Hall–Kier alpha value is -1.24. The summed E-state index contributed by atoms with van der Waals surface area (Å²) < 4.78 is 5.50. The first-order chi connectivity index (χ1) is 6.42. The molecule has 1 aliphatic heterocycles. The number of fused-ring (bicyclic) bond motifs is 1. The molecule has 0 N–H and O–H groups in total. The van der Waals surface area contributed by atoms with Gasteiger partial charge in [0.2, 0.25) is 0 Å². The van der Waals surface area contributed by atoms with Gasteiger partial charge in [-0.2, -0.15) is 0 Å². The Morgan fingerprint density at radius 2 is 2.31 bits per heavy atom. The van der Waals surface area contributed by atoms with Crippen molar-refractivity contribution in [3.63, 3.8) is 0 Å². The minimum atomic E-state index is 0.695. The maximum atomic E-state index is 5.50. The van der Waals surface area contributed by atoms with E-state index in [4.69, 9.17) is 4.74 Å². The van der Waals surface area contributed by atoms with Gasteiger partial charge in [-0.3, -0.25) is 0 Å². The number of benzene rings is 1. The van der Waals surface area contributed by atoms with Gasteiger partial charge in [-0.1, -0.05) is 25.1 Å². The van der Waals surface area contributed by atoms with E-state index in [0.29, 0.717) is 6.61 Å². The lowest BCUT2D eigenvalue weighted by Crippen LogP contribution is -2.02. The molecule has 2 rings (SSSR count). The van der Waals surface area contributed by atoms with Crippen LogP contribution in [0.4, 0.5) is 0 Å². The second-order valence-electron chi connectivity index (χ2n) is 3.15. The lowest BCUT2D eigenvalue weighted by molar-refractivity contribution is 0.358. The van der Waals surface area contributed by atoms with Gasteiger partial charge < -0.3 is 4.74 Å². The quantitative estimate of drug-likeness (QED) is 0.668. The highest BCUT2D eigenvalue weighted by atomic mass is 16.5. The zero-order valence-electron chi connectivity index (χ0n) is 7.62. The summed E-state index contributed by atoms with van der Waals surface area (Å²) in [5.74, 6) is 1.01. The molecule has 67 valence electrons. The fourth-order valence-electron chi connectivity index (χ4n) is 1.62. The van der Waals surface area contributed by atoms with Crippen LogP contribution in [-0.4, -0.2) is 6.61 Å². The molecule has 0 fully saturated rings. The molecule has 0 saturated heterocycles. The van der Waals surface area contributed by atoms with Crippen LogP contribution in [0.2, 0.25) is 0 Å². The number of aryl methyl sites for hydroxylation is 1. The van der Waals surface area contributed by atoms with E-state index in [1.165, 1.54) is 11.1 Å². The molecule has 1 aromatic rings. The van der Waals surface area contributed by atoms with Crippen LogP contribution in [0.25, 0.3) is 6.08 Å². The van der Waals surface area contributed by atoms with E-state index in [0.717, 1.165) is 18.6 Å². The summed E-state index contributed by atoms with van der Waals surface area (Å²) in [6.07, 6.45) is 6.15. The van der Waals surface area contributed by atoms with Crippen molar-refractivity contribution < 1.29 is 4.74 Å². The summed E-state index contributed by atoms with van der Waals surface area (Å²) >= 11 is 0. The molecule has 0 saturated carbocycles. The van der Waals surface area contributed by atoms with E-state index in [2.05, 4.69) is 25.1 Å². The summed E-state index contributed by atoms with van der Waals surface area (Å²) in [5.41, 5.74) is 2.57. The first-order valence-electron chi connectivity index (χ1n) is 4.62. The van der Waals surface area contributed by atoms with Crippen LogP contribution in [0.5, 0.6) is 5.75 Å². The molecule has 0 spiro atoms. The third kappa shape index (κ3) is 1.59. The topological polar surface area (TPSA) is 9.23 Å². The van der Waals surface area contributed by atoms with Gasteiger partial charge in [0.15, 0.2) is 0 Å². The molecule has 0 aromatic heterocycles. The van der Waals surface area contributed by atoms with Gasteiger partial charge in [-0.05, 0) is 30.5 Å². The van der Waals surface area contributed by atoms with Gasteiger partial charge in [0, 0.05) is 5.56 Å². The molecule has 1 heterocycles. The van der Waals surface area contributed by atoms with Gasteiger partial charge in [0.1, 0.15) is 12.4 Å². The third-order valence-corrected chi connectivity index (χ3v) is 2.22. The maximum absolute atomic E-state index is 5.50. The molecule has 1 nitrogen and oxygen atoms in total. The van der Waals surface area contributed by atoms with E-state index >= 15 is 0 Å². The number of hydrogen-bond donors (Lipinski definition) is 0. The summed E-state index contributed by atoms with van der Waals surface area (Å²) in [6.45, 7) is 4.56. The Morgan fingerprint density at radius 3 is 3.15 bits per heavy atom. The average Bonchev–Trinajstić information content (AvgIpc) is 2.19. The highest BCUT2D eigenvalue weighted by molar-refractivity contribution is 5.63. The Labute approximate surface area is 79.0 Å². The van der Waals surface area contributed by atoms with Crippen molar-refractivity contribution in [3.8, 4) is 5.75 Å². The smallest absolute Gasteiger partial charge is 0.127 e. The lowest BCUT2D eigenvalue weighted by atomic mass is 10.0. The van der Waals surface area contributed by atoms with E-state index in [-0.39, 0.29) is 0 Å². The van der Waals surface area contributed by atoms with Crippen molar-refractivity contribution in [2.45, 2.75) is 12.8 Å². The summed E-state index contributed by atoms with van der Waals surface area (Å²) in [4.78, 5) is 0. The second-order valence-corrected chi connectivity index (χ2v) is 3.15. The second kappa shape index (κ2) is 3.65. The fraction of sp³-hybridized carbons (Fsp3) is 0.250. The van der Waals surface area contributed by atoms with Crippen molar-refractivity contribution in [1.82, 2.24) is 0 Å². The van der Waals surface area contributed by atoms with Gasteiger partial charge >= 0.3 is 0 Å². The van der Waals surface area contributed by atoms with Crippen molar-refractivity contribution in [2.75, 3.05) is 6.61 Å². The van der Waals surface area contributed by atoms with Gasteiger partial charge in [-0.25, -0.2) is 0 Å². The van der Waals surface area contributed by atoms with Crippen molar-refractivity contribution >= 4 is 6.08 Å². The van der Waals surface area contributed by atoms with Crippen LogP contribution in [-0.2, 0) is 6.42 Å². The summed E-state index contributed by atoms with van der Waals surface area (Å²) in [5, 5.41) is 0. The first-order valence-corrected chi connectivity index (χ1v) is 4.62. The Bertz CT molecular complexity index is 326. The average molecular weight is 173 g/mol. The molecule has 0 atom stereocenters. The number of ether oxygens (including phenoxy) is 1. The summed E-state index contributed by atoms with van der Waals surface area (Å²) in [6, 6.07) is 6.21. The molecule has 0 unspecified atom stereocenters. The Kier molecular flexibility index (Phi) is 2.35. The van der Waals surface area contributed by atoms with Crippen LogP contribution >= 0.6 is 0 Å². The van der Waals surface area contributed by atoms with Crippen molar-refractivity contribution in [2.24, 2.45) is 0 Å². The van der Waals surface area contributed by atoms with Crippen LogP contribution in [0, 0.1) is 6.92 Å². The molecule has 0 aliphatic carbocycles. The number of hydrogen-bond acceptors (Lipinski definition) is 1. The third-order valence-electron chi connectivity index (χ3n) is 2.22. The molecule has 1 aliphatic rings. The largest absolute Gasteiger partial charge is 0.489 e. The van der Waals surface area contributed by atoms with Crippen LogP contribution in [0.1, 0.15) is 17.5 Å². The van der Waals surface area contributed by atoms with E-state index in [1.807, 2.05) is 12.1 Å². The van der Waals surface area contributed by atoms with Crippen molar-refractivity contribution in [3.05, 3.63) is 42.3 Å². The van der Waals surface area contributed by atoms with Gasteiger partial charge in [0.25, 0.3) is 0 Å². The van der Waals surface area contributed by atoms with Crippen LogP contribution in [0.15, 0.2) is 24.3 Å². The predicted octanol–water partition coefficient (Wildman–Crippen LogP) is 2.86. The Morgan fingerprint density at radius 1 is 1.38 bits per heavy atom. The summed E-state index contributed by atoms with van der Waals surface area (Å²) in [7, 11) is 0. The Balaban J connectivity index is 2.42. The predicted molar refractivity (Wildman–Crippen MR) is 54.6 cm³/mol. The highest BCUT2D eigenvalue weighted by Gasteiger charge is 2.08. The van der Waals surface area contributed by atoms with Crippen LogP contribution < -0.4 is 4.74 Å². The lowest BCUT2D eigenvalue weighted by Gasteiger charge is -2.15. The van der Waals surface area contributed by atoms with E-state index in [9.17, 15) is 0 Å². The minimum Gasteiger partial charge on any atom is -0.489 e. The molecule has 1 heteroatoms. The van der Waals surface area contributed by atoms with Crippen molar-refractivity contribution in [1.29, 1.82) is 0 Å². The van der Waals surface area contributed by atoms with E-state index in [1.54, 1.807) is 0 Å². The maximum Gasteiger partial charge on any atom is 0.127 e. The molecule has 0 amide bonds. The van der Waals surface area contributed by atoms with Gasteiger partial charge in [0.05, 0.1) is 0 Å². The SMILES string of the molecule is [CH2]CCc1cccc2c1C=CCO2. The minimum absolute atomic E-state index is 0.695. The van der Waals surface area contributed by atoms with Crippen LogP contribution in [0.3, 0.4) is 0 Å². The monoisotopic (exact) mass is 173 g/mol. The zero-order valence-corrected chi connectivity index (χ0v) is 7.62. The molecular formula is C12H13O. The normalized spacial score (nSPS) is 13.6. The van der Waals surface area contributed by atoms with E-state index < -0.39 is 0 Å². The zero-order chi connectivity index (χ0) is 9.10. The molecular weight excluding hydrogens is 160 g/mol.